The predicted octanol–water partition coefficient (Wildman–Crippen LogP) is 4.80. The summed E-state index contributed by atoms with van der Waals surface area (Å²) in [7, 11) is -2.51. The molecule has 2 unspecified atom stereocenters. The molecule has 3 aliphatic heterocycles. The minimum absolute atomic E-state index is 0.0447. The fourth-order valence-corrected chi connectivity index (χ4v) is 12.2. The van der Waals surface area contributed by atoms with Gasteiger partial charge in [0.1, 0.15) is 21.2 Å². The number of allylic oxidation sites excluding steroid dienone is 2. The number of ether oxygens (including phenoxy) is 1. The smallest absolute Gasteiger partial charge is 0.411 e. The van der Waals surface area contributed by atoms with Crippen molar-refractivity contribution in [2.45, 2.75) is 83.4 Å². The van der Waals surface area contributed by atoms with Crippen LogP contribution in [0.4, 0.5) is 9.18 Å². The van der Waals surface area contributed by atoms with Gasteiger partial charge >= 0.3 is 6.09 Å². The lowest BCUT2D eigenvalue weighted by molar-refractivity contribution is -0.156. The lowest BCUT2D eigenvalue weighted by Gasteiger charge is -2.54. The number of nitrogens with zero attached hydrogens (tertiary/aromatic N) is 6. The van der Waals surface area contributed by atoms with Gasteiger partial charge in [-0.1, -0.05) is 38.4 Å². The van der Waals surface area contributed by atoms with Crippen LogP contribution < -0.4 is 5.32 Å². The second kappa shape index (κ2) is 13.6. The minimum atomic E-state index is -4.26. The fraction of sp³-hybridized carbons (Fsp3) is 0.485. The lowest BCUT2D eigenvalue weighted by Crippen LogP contribution is -2.74. The molecule has 18 heteroatoms. The van der Waals surface area contributed by atoms with Crippen molar-refractivity contribution in [3.8, 4) is 17.2 Å². The Bertz CT molecular complexity index is 2060. The largest absolute Gasteiger partial charge is 0.444 e. The van der Waals surface area contributed by atoms with E-state index in [1.807, 2.05) is 0 Å². The number of nitrogens with one attached hydrogen (secondary N) is 1. The van der Waals surface area contributed by atoms with Crippen LogP contribution in [0.5, 0.6) is 0 Å². The van der Waals surface area contributed by atoms with Crippen LogP contribution >= 0.6 is 48.3 Å². The highest BCUT2D eigenvalue weighted by molar-refractivity contribution is 14.2. The maximum absolute atomic E-state index is 15.2. The highest BCUT2D eigenvalue weighted by atomic mass is 127. The van der Waals surface area contributed by atoms with Gasteiger partial charge in [-0.05, 0) is 79.7 Å². The van der Waals surface area contributed by atoms with Crippen molar-refractivity contribution < 1.29 is 31.9 Å². The molecule has 3 amide bonds. The number of aromatic nitrogens is 2. The summed E-state index contributed by atoms with van der Waals surface area (Å²) in [6, 6.07) is 5.27. The fourth-order valence-electron chi connectivity index (χ4n) is 6.37. The highest BCUT2D eigenvalue weighted by Gasteiger charge is 2.63. The van der Waals surface area contributed by atoms with Gasteiger partial charge < -0.3 is 15.0 Å². The Morgan fingerprint density at radius 3 is 2.51 bits per heavy atom. The summed E-state index contributed by atoms with van der Waals surface area (Å²) in [6.45, 7) is 4.69. The van der Waals surface area contributed by atoms with E-state index in [0.717, 1.165) is 10.5 Å². The zero-order valence-corrected chi connectivity index (χ0v) is 33.4. The van der Waals surface area contributed by atoms with E-state index in [9.17, 15) is 23.3 Å². The van der Waals surface area contributed by atoms with Gasteiger partial charge in [-0.25, -0.2) is 17.6 Å². The Kier molecular flexibility index (Phi) is 10.0. The molecular weight excluding hydrogens is 884 g/mol. The van der Waals surface area contributed by atoms with Crippen molar-refractivity contribution in [2.24, 2.45) is 12.0 Å². The first-order valence-corrected chi connectivity index (χ1v) is 21.1. The second-order valence-electron chi connectivity index (χ2n) is 14.0. The van der Waals surface area contributed by atoms with E-state index in [1.165, 1.54) is 29.3 Å². The summed E-state index contributed by atoms with van der Waals surface area (Å²) in [5, 5.41) is 15.3. The van der Waals surface area contributed by atoms with Crippen LogP contribution in [0.2, 0.25) is 5.02 Å². The van der Waals surface area contributed by atoms with Crippen LogP contribution in [-0.4, -0.2) is 101 Å². The Labute approximate surface area is 318 Å². The summed E-state index contributed by atoms with van der Waals surface area (Å²) in [6.07, 6.45) is 5.78. The molecular formula is C33H35BrClFIN7O6S. The van der Waals surface area contributed by atoms with E-state index in [2.05, 4.69) is 37.4 Å². The molecule has 0 radical (unpaired) electrons. The molecule has 4 aliphatic rings. The topological polar surface area (TPSA) is 167 Å². The Morgan fingerprint density at radius 1 is 1.22 bits per heavy atom. The predicted molar refractivity (Wildman–Crippen MR) is 200 cm³/mol. The number of rotatable bonds is 7. The minimum Gasteiger partial charge on any atom is -0.444 e. The summed E-state index contributed by atoms with van der Waals surface area (Å²) in [4.78, 5) is 49.4. The van der Waals surface area contributed by atoms with Gasteiger partial charge in [0.2, 0.25) is 5.91 Å². The van der Waals surface area contributed by atoms with Gasteiger partial charge in [-0.2, -0.15) is 10.4 Å². The van der Waals surface area contributed by atoms with Crippen LogP contribution in [0.15, 0.2) is 51.0 Å². The van der Waals surface area contributed by atoms with Crippen molar-refractivity contribution in [3.05, 3.63) is 46.2 Å². The summed E-state index contributed by atoms with van der Waals surface area (Å²) in [5.41, 5.74) is -2.43. The molecule has 4 atom stereocenters. The molecule has 0 bridgehead atoms. The molecule has 1 N–H and O–H groups in total. The number of carbonyl (C=O) groups excluding carboxylic acids is 3. The van der Waals surface area contributed by atoms with E-state index in [-0.39, 0.29) is 29.3 Å². The number of hydrogen-bond acceptors (Lipinski definition) is 9. The zero-order chi connectivity index (χ0) is 37.1. The third-order valence-corrected chi connectivity index (χ3v) is 15.1. The number of aryl methyl sites for hydroxylation is 1. The molecule has 1 aromatic carbocycles. The van der Waals surface area contributed by atoms with Crippen LogP contribution in [-0.2, 0) is 31.2 Å². The average molecular weight is 919 g/mol. The van der Waals surface area contributed by atoms with E-state index < -0.39 is 90.8 Å². The first-order chi connectivity index (χ1) is 23.9. The highest BCUT2D eigenvalue weighted by Crippen LogP contribution is 2.46. The Hall–Kier alpha value is -3.21. The van der Waals surface area contributed by atoms with E-state index >= 15 is 9.18 Å². The van der Waals surface area contributed by atoms with Crippen molar-refractivity contribution in [1.29, 1.82) is 5.26 Å². The van der Waals surface area contributed by atoms with Gasteiger partial charge in [-0.15, -0.1) is 0 Å². The molecule has 1 aromatic heterocycles. The molecule has 51 heavy (non-hydrogen) atoms. The Balaban J connectivity index is 1.39. The van der Waals surface area contributed by atoms with Crippen LogP contribution in [0, 0.1) is 11.3 Å². The van der Waals surface area contributed by atoms with Crippen molar-refractivity contribution >= 4 is 86.0 Å². The lowest BCUT2D eigenvalue weighted by atomic mass is 9.83. The molecule has 4 heterocycles. The number of aliphatic imine (C=N–C) groups is 1. The number of carbonyl (C=O) groups is 3. The van der Waals surface area contributed by atoms with Crippen molar-refractivity contribution in [3.63, 3.8) is 0 Å². The summed E-state index contributed by atoms with van der Waals surface area (Å²) < 4.78 is 49.9. The molecule has 3 fully saturated rings. The number of hydrogen-bond donors (Lipinski definition) is 1. The quantitative estimate of drug-likeness (QED) is 0.235. The summed E-state index contributed by atoms with van der Waals surface area (Å²) >= 11 is 8.22. The first kappa shape index (κ1) is 37.5. The van der Waals surface area contributed by atoms with Crippen LogP contribution in [0.3, 0.4) is 0 Å². The average Bonchev–Trinajstić information content (AvgIpc) is 3.47. The van der Waals surface area contributed by atoms with Gasteiger partial charge in [0.15, 0.2) is 19.1 Å². The number of alkyl halides is 1. The van der Waals surface area contributed by atoms with Gasteiger partial charge in [0.25, 0.3) is 5.91 Å². The van der Waals surface area contributed by atoms with Crippen LogP contribution in [0.1, 0.15) is 46.5 Å². The van der Waals surface area contributed by atoms with Crippen LogP contribution in [0.25, 0.3) is 11.1 Å². The second-order valence-corrected chi connectivity index (χ2v) is 20.3. The molecule has 13 nitrogen and oxygen atoms in total. The third kappa shape index (κ3) is 7.25. The maximum atomic E-state index is 15.2. The van der Waals surface area contributed by atoms with Crippen molar-refractivity contribution in [2.75, 3.05) is 13.1 Å². The number of halogens is 4. The number of benzene rings is 1. The zero-order valence-electron chi connectivity index (χ0n) is 28.1. The molecule has 1 saturated carbocycles. The molecule has 6 rings (SSSR count). The number of amides is 3. The monoisotopic (exact) mass is 917 g/mol. The standard InChI is InChI=1S/C33H35BrClFIN7O6S/c1-31(2,3)50-30(47)44-10-9-33(44,28-37-26(36)12-21(34)15-39-28)29(46)43-17-22(13-24(43)27(45)41-32(18-38)7-8-32)51(48,49)25-6-5-19(11-23(25)35)20-14-40-42(4)16-20/h5-6,11-12,14-16,22,24,28H,7-10,13,17H2,1-4H3,(H,41,45)/t22-,24+,28?,33?/m1/s1. The number of sulfone groups is 1. The molecule has 0 spiro atoms. The van der Waals surface area contributed by atoms with Gasteiger partial charge in [-0.3, -0.25) is 24.2 Å². The molecule has 1 aliphatic carbocycles. The molecule has 272 valence electrons. The van der Waals surface area contributed by atoms with Gasteiger partial charge in [0.05, 0.1) is 27.4 Å². The SMILES string of the molecule is Cn1cc(-c2ccc(S(=O)(=O)[C@@H]3C[C@@H](C(=O)NC4(C#N)CC4)N(C(=O)C4(C5N=CC(Br)=CC(F)=I5)CCN4C(=O)OC(C)(C)C)C3)c(Cl)c2)cn1. The third-order valence-electron chi connectivity index (χ3n) is 9.23. The summed E-state index contributed by atoms with van der Waals surface area (Å²) in [5.74, 6) is -1.44. The van der Waals surface area contributed by atoms with Gasteiger partial charge in [0, 0.05) is 49.0 Å². The normalized spacial score (nSPS) is 25.7. The van der Waals surface area contributed by atoms with E-state index in [0.29, 0.717) is 22.9 Å². The van der Waals surface area contributed by atoms with E-state index in [4.69, 9.17) is 16.3 Å². The molecule has 2 aromatic rings. The number of nitriles is 1. The molecule has 2 saturated heterocycles. The maximum Gasteiger partial charge on any atom is 0.411 e. The Morgan fingerprint density at radius 2 is 1.94 bits per heavy atom. The van der Waals surface area contributed by atoms with E-state index in [1.54, 1.807) is 51.0 Å². The number of likely N-dealkylation sites (tertiary alicyclic amines) is 2. The first-order valence-electron chi connectivity index (χ1n) is 16.0. The van der Waals surface area contributed by atoms with Crippen molar-refractivity contribution in [1.82, 2.24) is 24.9 Å².